The minimum absolute atomic E-state index is 0.729. The third-order valence-corrected chi connectivity index (χ3v) is 5.14. The molecule has 0 spiro atoms. The first-order chi connectivity index (χ1) is 8.72. The van der Waals surface area contributed by atoms with E-state index in [1.165, 1.54) is 58.4 Å². The van der Waals surface area contributed by atoms with Crippen LogP contribution in [0.5, 0.6) is 0 Å². The Morgan fingerprint density at radius 3 is 2.72 bits per heavy atom. The molecule has 3 heteroatoms. The van der Waals surface area contributed by atoms with Gasteiger partial charge in [-0.1, -0.05) is 0 Å². The molecule has 3 atom stereocenters. The molecule has 0 amide bonds. The Labute approximate surface area is 112 Å². The van der Waals surface area contributed by atoms with Gasteiger partial charge in [0.2, 0.25) is 0 Å². The third kappa shape index (κ3) is 3.06. The van der Waals surface area contributed by atoms with Crippen LogP contribution in [0.3, 0.4) is 0 Å². The van der Waals surface area contributed by atoms with E-state index in [1.54, 1.807) is 0 Å². The molecule has 3 rings (SSSR count). The van der Waals surface area contributed by atoms with Crippen molar-refractivity contribution in [3.05, 3.63) is 0 Å². The van der Waals surface area contributed by atoms with Crippen molar-refractivity contribution < 1.29 is 0 Å². The summed E-state index contributed by atoms with van der Waals surface area (Å²) >= 11 is 0. The molecule has 1 saturated carbocycles. The molecule has 0 bridgehead atoms. The Morgan fingerprint density at radius 1 is 1.17 bits per heavy atom. The maximum Gasteiger partial charge on any atom is 0.0224 e. The smallest absolute Gasteiger partial charge is 0.0224 e. The van der Waals surface area contributed by atoms with Crippen molar-refractivity contribution in [3.63, 3.8) is 0 Å². The highest BCUT2D eigenvalue weighted by Crippen LogP contribution is 2.34. The molecule has 1 N–H and O–H groups in total. The molecule has 3 fully saturated rings. The highest BCUT2D eigenvalue weighted by Gasteiger charge is 2.36. The molecule has 18 heavy (non-hydrogen) atoms. The van der Waals surface area contributed by atoms with E-state index in [0.29, 0.717) is 0 Å². The molecule has 0 aromatic rings. The second kappa shape index (κ2) is 5.48. The second-order valence-corrected chi connectivity index (χ2v) is 6.93. The van der Waals surface area contributed by atoms with Gasteiger partial charge < -0.3 is 10.2 Å². The lowest BCUT2D eigenvalue weighted by Crippen LogP contribution is -2.57. The van der Waals surface area contributed by atoms with Crippen LogP contribution in [0.4, 0.5) is 0 Å². The SMILES string of the molecule is CC1CNC(C2CC2)CN1CC1CCCN(C)C1. The molecule has 0 aromatic heterocycles. The number of nitrogens with one attached hydrogen (secondary N) is 1. The lowest BCUT2D eigenvalue weighted by molar-refractivity contribution is 0.0878. The lowest BCUT2D eigenvalue weighted by Gasteiger charge is -2.42. The van der Waals surface area contributed by atoms with Crippen LogP contribution >= 0.6 is 0 Å². The van der Waals surface area contributed by atoms with E-state index in [0.717, 1.165) is 23.9 Å². The average molecular weight is 251 g/mol. The molecular formula is C15H29N3. The van der Waals surface area contributed by atoms with E-state index in [1.807, 2.05) is 0 Å². The zero-order chi connectivity index (χ0) is 12.5. The first-order valence-electron chi connectivity index (χ1n) is 7.88. The van der Waals surface area contributed by atoms with Crippen molar-refractivity contribution in [3.8, 4) is 0 Å². The van der Waals surface area contributed by atoms with E-state index >= 15 is 0 Å². The highest BCUT2D eigenvalue weighted by molar-refractivity contribution is 4.94. The van der Waals surface area contributed by atoms with Crippen LogP contribution in [0.1, 0.15) is 32.6 Å². The highest BCUT2D eigenvalue weighted by atomic mass is 15.2. The number of nitrogens with zero attached hydrogens (tertiary/aromatic N) is 2. The minimum Gasteiger partial charge on any atom is -0.311 e. The zero-order valence-corrected chi connectivity index (χ0v) is 12.1. The summed E-state index contributed by atoms with van der Waals surface area (Å²) in [5.41, 5.74) is 0. The fourth-order valence-corrected chi connectivity index (χ4v) is 3.77. The van der Waals surface area contributed by atoms with Gasteiger partial charge in [-0.05, 0) is 58.0 Å². The quantitative estimate of drug-likeness (QED) is 0.818. The van der Waals surface area contributed by atoms with Gasteiger partial charge >= 0.3 is 0 Å². The summed E-state index contributed by atoms with van der Waals surface area (Å²) in [6, 6.07) is 1.52. The maximum absolute atomic E-state index is 3.75. The van der Waals surface area contributed by atoms with Gasteiger partial charge in [0.05, 0.1) is 0 Å². The Balaban J connectivity index is 1.52. The number of piperazine rings is 1. The van der Waals surface area contributed by atoms with Crippen LogP contribution in [-0.4, -0.2) is 61.7 Å². The predicted molar refractivity (Wildman–Crippen MR) is 75.8 cm³/mol. The second-order valence-electron chi connectivity index (χ2n) is 6.93. The normalized spacial score (nSPS) is 40.0. The number of rotatable bonds is 3. The van der Waals surface area contributed by atoms with Crippen LogP contribution in [-0.2, 0) is 0 Å². The Hall–Kier alpha value is -0.120. The van der Waals surface area contributed by atoms with Gasteiger partial charge in [-0.3, -0.25) is 4.90 Å². The summed E-state index contributed by atoms with van der Waals surface area (Å²) in [6.07, 6.45) is 5.76. The minimum atomic E-state index is 0.729. The van der Waals surface area contributed by atoms with Crippen molar-refractivity contribution in [2.24, 2.45) is 11.8 Å². The number of hydrogen-bond acceptors (Lipinski definition) is 3. The first-order valence-corrected chi connectivity index (χ1v) is 7.88. The first kappa shape index (κ1) is 12.9. The van der Waals surface area contributed by atoms with Crippen molar-refractivity contribution in [1.29, 1.82) is 0 Å². The molecule has 2 heterocycles. The van der Waals surface area contributed by atoms with Gasteiger partial charge in [-0.15, -0.1) is 0 Å². The van der Waals surface area contributed by atoms with Crippen LogP contribution < -0.4 is 5.32 Å². The summed E-state index contributed by atoms with van der Waals surface area (Å²) in [6.45, 7) is 8.83. The zero-order valence-electron chi connectivity index (χ0n) is 12.1. The van der Waals surface area contributed by atoms with Crippen molar-refractivity contribution in [2.45, 2.75) is 44.7 Å². The number of hydrogen-bond donors (Lipinski definition) is 1. The van der Waals surface area contributed by atoms with Crippen LogP contribution in [0.2, 0.25) is 0 Å². The third-order valence-electron chi connectivity index (χ3n) is 5.14. The summed E-state index contributed by atoms with van der Waals surface area (Å²) in [4.78, 5) is 5.28. The summed E-state index contributed by atoms with van der Waals surface area (Å²) in [5, 5.41) is 3.75. The van der Waals surface area contributed by atoms with Crippen molar-refractivity contribution in [2.75, 3.05) is 39.8 Å². The molecular weight excluding hydrogens is 222 g/mol. The van der Waals surface area contributed by atoms with Crippen LogP contribution in [0.25, 0.3) is 0 Å². The van der Waals surface area contributed by atoms with Gasteiger partial charge in [0.25, 0.3) is 0 Å². The summed E-state index contributed by atoms with van der Waals surface area (Å²) in [7, 11) is 2.28. The fraction of sp³-hybridized carbons (Fsp3) is 1.00. The van der Waals surface area contributed by atoms with E-state index in [-0.39, 0.29) is 0 Å². The molecule has 2 aliphatic heterocycles. The molecule has 1 aliphatic carbocycles. The molecule has 2 saturated heterocycles. The van der Waals surface area contributed by atoms with Gasteiger partial charge in [-0.25, -0.2) is 0 Å². The Bertz CT molecular complexity index is 277. The standard InChI is InChI=1S/C15H29N3/c1-12-8-16-15(14-5-6-14)11-18(12)10-13-4-3-7-17(2)9-13/h12-16H,3-11H2,1-2H3. The molecule has 0 aromatic carbocycles. The maximum atomic E-state index is 3.75. The summed E-state index contributed by atoms with van der Waals surface area (Å²) in [5.74, 6) is 1.90. The van der Waals surface area contributed by atoms with Gasteiger partial charge in [0, 0.05) is 38.3 Å². The van der Waals surface area contributed by atoms with Crippen molar-refractivity contribution >= 4 is 0 Å². The topological polar surface area (TPSA) is 18.5 Å². The average Bonchev–Trinajstić information content (AvgIpc) is 3.16. The Kier molecular flexibility index (Phi) is 3.92. The van der Waals surface area contributed by atoms with E-state index in [9.17, 15) is 0 Å². The monoisotopic (exact) mass is 251 g/mol. The lowest BCUT2D eigenvalue weighted by atomic mass is 9.96. The van der Waals surface area contributed by atoms with E-state index in [2.05, 4.69) is 29.1 Å². The van der Waals surface area contributed by atoms with Crippen LogP contribution in [0.15, 0.2) is 0 Å². The van der Waals surface area contributed by atoms with Crippen LogP contribution in [0, 0.1) is 11.8 Å². The van der Waals surface area contributed by atoms with E-state index < -0.39 is 0 Å². The van der Waals surface area contributed by atoms with E-state index in [4.69, 9.17) is 0 Å². The fourth-order valence-electron chi connectivity index (χ4n) is 3.77. The molecule has 3 aliphatic rings. The van der Waals surface area contributed by atoms with Crippen molar-refractivity contribution in [1.82, 2.24) is 15.1 Å². The van der Waals surface area contributed by atoms with Gasteiger partial charge in [-0.2, -0.15) is 0 Å². The van der Waals surface area contributed by atoms with Gasteiger partial charge in [0.1, 0.15) is 0 Å². The molecule has 3 unspecified atom stereocenters. The largest absolute Gasteiger partial charge is 0.311 e. The number of likely N-dealkylation sites (tertiary alicyclic amines) is 1. The number of piperidine rings is 1. The molecule has 3 nitrogen and oxygen atoms in total. The Morgan fingerprint density at radius 2 is 2.00 bits per heavy atom. The molecule has 104 valence electrons. The van der Waals surface area contributed by atoms with Gasteiger partial charge in [0.15, 0.2) is 0 Å². The molecule has 0 radical (unpaired) electrons. The summed E-state index contributed by atoms with van der Waals surface area (Å²) < 4.78 is 0. The predicted octanol–water partition coefficient (Wildman–Crippen LogP) is 1.40.